The number of allylic oxidation sites excluding steroid dienone is 28. The quantitative estimate of drug-likeness (QED) is 0.145. The van der Waals surface area contributed by atoms with E-state index in [0.717, 1.165) is 87.7 Å². The van der Waals surface area contributed by atoms with Crippen LogP contribution in [0.15, 0.2) is 296 Å². The summed E-state index contributed by atoms with van der Waals surface area (Å²) >= 11 is 0. The number of hydrogen-bond donors (Lipinski definition) is 0. The van der Waals surface area contributed by atoms with Crippen molar-refractivity contribution in [2.45, 2.75) is 115 Å². The highest BCUT2D eigenvalue weighted by atomic mass is 16.5. The second kappa shape index (κ2) is 21.3. The van der Waals surface area contributed by atoms with Gasteiger partial charge in [0.1, 0.15) is 23.2 Å². The standard InChI is InChI=1S/C86H80N2O2/c1-5-66(84-73-31-11-12-32-74(73)84)68-33-16-20-52(2)41-54(4)87(62-26-17-21-55(43-62)67-28-9-10-29-69(67)68)64-36-39-71-77-45-57-48-81-78(46-58(57)47-80(77)89-82(71)50-64)72-40-37-65(51-83(72)90-81)88(61-25-15-19-53(3)42-61)63-27-18-24-60(49-63)86(59-22-7-6-8-23-59)79-34-14-13-30-70(79)75-38-35-56-44-76(56)85(75)86/h5-8,10-12,14-16,18-25,27,29,31-36,38-39,41-43,45-46,49-50,56,58,65,67,69,73-74,76,81,84H,1,9,13,17,26,28,30,37,40,44,47-48,51H2,2-4H3/b33-16+,52-20-,54-41+,68-66-. The van der Waals surface area contributed by atoms with Crippen LogP contribution >= 0.6 is 0 Å². The highest BCUT2D eigenvalue weighted by Crippen LogP contribution is 2.66. The summed E-state index contributed by atoms with van der Waals surface area (Å²) in [6, 6.07) is 37.7. The molecule has 446 valence electrons. The molecule has 4 aromatic carbocycles. The van der Waals surface area contributed by atoms with E-state index in [4.69, 9.17) is 9.15 Å². The Bertz CT molecular complexity index is 4450. The Morgan fingerprint density at radius 1 is 0.722 bits per heavy atom. The van der Waals surface area contributed by atoms with Gasteiger partial charge in [-0.1, -0.05) is 170 Å². The van der Waals surface area contributed by atoms with E-state index < -0.39 is 0 Å². The maximum Gasteiger partial charge on any atom is 0.137 e. The van der Waals surface area contributed by atoms with Gasteiger partial charge in [-0.25, -0.2) is 0 Å². The fourth-order valence-corrected chi connectivity index (χ4v) is 19.0. The Morgan fingerprint density at radius 3 is 2.44 bits per heavy atom. The van der Waals surface area contributed by atoms with E-state index in [2.05, 4.69) is 250 Å². The molecule has 4 nitrogen and oxygen atoms in total. The van der Waals surface area contributed by atoms with Crippen molar-refractivity contribution in [1.82, 2.24) is 0 Å². The maximum atomic E-state index is 7.29. The highest BCUT2D eigenvalue weighted by Gasteiger charge is 2.57. The molecule has 10 unspecified atom stereocenters. The fraction of sp³-hybridized carbons (Fsp3) is 0.302. The van der Waals surface area contributed by atoms with Gasteiger partial charge in [0.25, 0.3) is 0 Å². The molecule has 90 heavy (non-hydrogen) atoms. The minimum Gasteiger partial charge on any atom is -0.489 e. The number of benzene rings is 4. The van der Waals surface area contributed by atoms with Gasteiger partial charge in [-0.2, -0.15) is 0 Å². The zero-order valence-electron chi connectivity index (χ0n) is 52.4. The third-order valence-electron chi connectivity index (χ3n) is 23.1. The number of fused-ring (bicyclic) bond motifs is 13. The van der Waals surface area contributed by atoms with E-state index in [1.807, 2.05) is 0 Å². The first kappa shape index (κ1) is 54.3. The molecular formula is C86H80N2O2. The molecule has 0 spiro atoms. The molecule has 4 heteroatoms. The summed E-state index contributed by atoms with van der Waals surface area (Å²) in [4.78, 5) is 5.21. The highest BCUT2D eigenvalue weighted by molar-refractivity contribution is 5.92. The molecule has 2 bridgehead atoms. The summed E-state index contributed by atoms with van der Waals surface area (Å²) in [6.07, 6.45) is 58.4. The van der Waals surface area contributed by atoms with Crippen molar-refractivity contribution < 1.29 is 9.15 Å². The topological polar surface area (TPSA) is 28.9 Å². The van der Waals surface area contributed by atoms with E-state index in [1.165, 1.54) is 113 Å². The summed E-state index contributed by atoms with van der Waals surface area (Å²) in [5, 5.41) is 1.20. The first-order valence-electron chi connectivity index (χ1n) is 34.1. The minimum absolute atomic E-state index is 0.0447. The first-order chi connectivity index (χ1) is 44.3. The Morgan fingerprint density at radius 2 is 1.58 bits per heavy atom. The smallest absolute Gasteiger partial charge is 0.137 e. The van der Waals surface area contributed by atoms with Gasteiger partial charge in [-0.15, -0.1) is 0 Å². The van der Waals surface area contributed by atoms with Gasteiger partial charge in [0.15, 0.2) is 0 Å². The second-order valence-electron chi connectivity index (χ2n) is 28.3. The lowest BCUT2D eigenvalue weighted by molar-refractivity contribution is 0.148. The van der Waals surface area contributed by atoms with Crippen molar-refractivity contribution in [3.63, 3.8) is 0 Å². The van der Waals surface area contributed by atoms with Crippen molar-refractivity contribution in [3.8, 4) is 0 Å². The molecule has 10 atom stereocenters. The van der Waals surface area contributed by atoms with Crippen LogP contribution in [-0.4, -0.2) is 12.1 Å². The van der Waals surface area contributed by atoms with Gasteiger partial charge in [-0.3, -0.25) is 0 Å². The molecule has 13 aliphatic rings. The van der Waals surface area contributed by atoms with Gasteiger partial charge in [0.05, 0.1) is 5.41 Å². The first-order valence-corrected chi connectivity index (χ1v) is 34.1. The molecule has 3 heterocycles. The maximum absolute atomic E-state index is 7.29. The Kier molecular flexibility index (Phi) is 12.8. The van der Waals surface area contributed by atoms with Gasteiger partial charge >= 0.3 is 0 Å². The van der Waals surface area contributed by atoms with Crippen molar-refractivity contribution in [3.05, 3.63) is 319 Å². The number of furan rings is 1. The van der Waals surface area contributed by atoms with Gasteiger partial charge in [-0.05, 0) is 235 Å². The van der Waals surface area contributed by atoms with Gasteiger partial charge in [0.2, 0.25) is 0 Å². The zero-order chi connectivity index (χ0) is 59.9. The number of nitrogens with zero attached hydrogens (tertiary/aromatic N) is 2. The third-order valence-corrected chi connectivity index (χ3v) is 23.1. The molecule has 0 N–H and O–H groups in total. The van der Waals surface area contributed by atoms with E-state index in [-0.39, 0.29) is 29.4 Å². The number of anilines is 3. The SMILES string of the molecule is C=C\C(=C1/C=C/C=C(C)\C=C(/C)N(c2ccc3c4c(oc3c2)CC2C=C3C5=C(CC(N(c6cccc(C)c6)c6cccc(C7(c8ccccc8)C8=C(CCC=C8)C8=C7C7CC7C=C8)c6)CC5)OC3CC2=C4)C2=CC(=CCC2)C2CCC=CC12)C1C2C=CC=CC21. The van der Waals surface area contributed by atoms with Crippen molar-refractivity contribution in [1.29, 1.82) is 0 Å². The summed E-state index contributed by atoms with van der Waals surface area (Å²) in [5.41, 5.74) is 28.3. The third kappa shape index (κ3) is 8.66. The zero-order valence-corrected chi connectivity index (χ0v) is 52.4. The van der Waals surface area contributed by atoms with Crippen LogP contribution in [0.2, 0.25) is 0 Å². The van der Waals surface area contributed by atoms with Crippen molar-refractivity contribution in [2.75, 3.05) is 9.80 Å². The summed E-state index contributed by atoms with van der Waals surface area (Å²) in [5.74, 6) is 6.13. The van der Waals surface area contributed by atoms with Crippen LogP contribution in [0.5, 0.6) is 0 Å². The van der Waals surface area contributed by atoms with E-state index in [9.17, 15) is 0 Å². The predicted molar refractivity (Wildman–Crippen MR) is 370 cm³/mol. The molecular weight excluding hydrogens is 1090 g/mol. The van der Waals surface area contributed by atoms with E-state index in [0.29, 0.717) is 35.5 Å². The van der Waals surface area contributed by atoms with Crippen LogP contribution in [-0.2, 0) is 16.6 Å². The molecule has 5 aromatic rings. The molecule has 0 saturated heterocycles. The lowest BCUT2D eigenvalue weighted by atomic mass is 9.64. The molecule has 11 aliphatic carbocycles. The number of rotatable bonds is 8. The van der Waals surface area contributed by atoms with Gasteiger partial charge in [0, 0.05) is 82.6 Å². The van der Waals surface area contributed by atoms with E-state index in [1.54, 1.807) is 11.1 Å². The van der Waals surface area contributed by atoms with Crippen LogP contribution in [0.4, 0.5) is 17.1 Å². The van der Waals surface area contributed by atoms with Crippen molar-refractivity contribution >= 4 is 34.1 Å². The molecule has 2 fully saturated rings. The van der Waals surface area contributed by atoms with E-state index >= 15 is 0 Å². The molecule has 2 saturated carbocycles. The summed E-state index contributed by atoms with van der Waals surface area (Å²) < 4.78 is 14.4. The summed E-state index contributed by atoms with van der Waals surface area (Å²) in [7, 11) is 0. The Hall–Kier alpha value is -8.60. The molecule has 0 radical (unpaired) electrons. The average molecular weight is 1170 g/mol. The average Bonchev–Trinajstić information content (AvgIpc) is 1.53. The molecule has 2 aliphatic heterocycles. The largest absolute Gasteiger partial charge is 0.489 e. The second-order valence-corrected chi connectivity index (χ2v) is 28.3. The lowest BCUT2D eigenvalue weighted by Gasteiger charge is -2.40. The fourth-order valence-electron chi connectivity index (χ4n) is 19.0. The lowest BCUT2D eigenvalue weighted by Crippen LogP contribution is -2.35. The van der Waals surface area contributed by atoms with Crippen LogP contribution < -0.4 is 9.80 Å². The Balaban J connectivity index is 0.641. The minimum atomic E-state index is -0.327. The summed E-state index contributed by atoms with van der Waals surface area (Å²) in [6.45, 7) is 11.2. The van der Waals surface area contributed by atoms with Crippen LogP contribution in [0.1, 0.15) is 112 Å². The number of ether oxygens (including phenoxy) is 1. The van der Waals surface area contributed by atoms with Gasteiger partial charge < -0.3 is 19.0 Å². The molecule has 1 aromatic heterocycles. The number of hydrogen-bond acceptors (Lipinski definition) is 4. The van der Waals surface area contributed by atoms with Crippen LogP contribution in [0, 0.1) is 54.3 Å². The predicted octanol–water partition coefficient (Wildman–Crippen LogP) is 21.0. The van der Waals surface area contributed by atoms with Crippen molar-refractivity contribution in [2.24, 2.45) is 47.3 Å². The molecule has 0 amide bonds. The molecule has 18 rings (SSSR count). The monoisotopic (exact) mass is 1170 g/mol. The Labute approximate surface area is 532 Å². The van der Waals surface area contributed by atoms with Crippen LogP contribution in [0.25, 0.3) is 17.0 Å². The van der Waals surface area contributed by atoms with Crippen LogP contribution in [0.3, 0.4) is 0 Å². The number of aryl methyl sites for hydroxylation is 1. The normalized spacial score (nSPS) is 32.5.